The van der Waals surface area contributed by atoms with E-state index in [2.05, 4.69) is 10.3 Å². The highest BCUT2D eigenvalue weighted by Gasteiger charge is 2.14. The van der Waals surface area contributed by atoms with Crippen molar-refractivity contribution < 1.29 is 9.69 Å². The zero-order valence-electron chi connectivity index (χ0n) is 15.2. The Balaban J connectivity index is 1.57. The van der Waals surface area contributed by atoms with Crippen molar-refractivity contribution in [1.29, 1.82) is 0 Å². The number of hydrogen-bond donors (Lipinski definition) is 2. The van der Waals surface area contributed by atoms with Crippen LogP contribution < -0.4 is 10.2 Å². The zero-order valence-corrected chi connectivity index (χ0v) is 17.5. The van der Waals surface area contributed by atoms with Crippen molar-refractivity contribution in [3.63, 3.8) is 0 Å². The molecule has 0 spiro atoms. The lowest BCUT2D eigenvalue weighted by atomic mass is 10.2. The van der Waals surface area contributed by atoms with Gasteiger partial charge in [0.2, 0.25) is 0 Å². The monoisotopic (exact) mass is 418 g/mol. The number of benzene rings is 2. The fourth-order valence-corrected chi connectivity index (χ4v) is 4.21. The van der Waals surface area contributed by atoms with E-state index in [1.165, 1.54) is 0 Å². The van der Waals surface area contributed by atoms with Crippen LogP contribution in [0.5, 0.6) is 0 Å². The minimum atomic E-state index is 0.00199. The molecular formula is C20H21ClN3OS2+. The molecule has 3 aromatic rings. The molecule has 1 atom stereocenters. The number of para-hydroxylation sites is 1. The van der Waals surface area contributed by atoms with Crippen LogP contribution in [0.15, 0.2) is 58.8 Å². The van der Waals surface area contributed by atoms with Crippen LogP contribution in [0, 0.1) is 0 Å². The third kappa shape index (κ3) is 5.56. The smallest absolute Gasteiger partial charge is 0.279 e. The normalized spacial score (nSPS) is 12.0. The molecular weight excluding hydrogens is 398 g/mol. The number of quaternary nitrogens is 1. The lowest BCUT2D eigenvalue weighted by Crippen LogP contribution is -3.08. The van der Waals surface area contributed by atoms with Gasteiger partial charge in [-0.25, -0.2) is 4.98 Å². The van der Waals surface area contributed by atoms with E-state index in [4.69, 9.17) is 11.6 Å². The summed E-state index contributed by atoms with van der Waals surface area (Å²) in [6.07, 6.45) is 2.00. The first-order valence-corrected chi connectivity index (χ1v) is 11.0. The molecule has 3 rings (SSSR count). The Kier molecular flexibility index (Phi) is 6.90. The maximum Gasteiger partial charge on any atom is 0.279 e. The molecule has 1 aromatic heterocycles. The van der Waals surface area contributed by atoms with Crippen molar-refractivity contribution in [2.75, 3.05) is 25.2 Å². The summed E-state index contributed by atoms with van der Waals surface area (Å²) in [5, 5.41) is 6.74. The van der Waals surface area contributed by atoms with E-state index in [0.717, 1.165) is 31.7 Å². The molecule has 0 saturated heterocycles. The molecule has 4 nitrogen and oxygen atoms in total. The molecule has 7 heteroatoms. The highest BCUT2D eigenvalue weighted by atomic mass is 35.5. The Hall–Kier alpha value is -1.86. The van der Waals surface area contributed by atoms with Crippen molar-refractivity contribution in [1.82, 2.24) is 4.98 Å². The molecule has 0 radical (unpaired) electrons. The molecule has 0 aliphatic heterocycles. The second kappa shape index (κ2) is 9.37. The van der Waals surface area contributed by atoms with Gasteiger partial charge in [-0.3, -0.25) is 4.79 Å². The molecule has 27 heavy (non-hydrogen) atoms. The number of thioether (sulfide) groups is 1. The Bertz CT molecular complexity index is 912. The van der Waals surface area contributed by atoms with Crippen LogP contribution in [0.4, 0.5) is 5.69 Å². The first-order valence-electron chi connectivity index (χ1n) is 8.49. The van der Waals surface area contributed by atoms with Crippen LogP contribution in [-0.4, -0.2) is 30.7 Å². The third-order valence-corrected chi connectivity index (χ3v) is 5.96. The van der Waals surface area contributed by atoms with E-state index in [-0.39, 0.29) is 5.91 Å². The molecule has 140 valence electrons. The number of nitrogens with zero attached hydrogens (tertiary/aromatic N) is 1. The van der Waals surface area contributed by atoms with Crippen molar-refractivity contribution in [3.05, 3.63) is 64.6 Å². The number of carbonyl (C=O) groups excluding carboxylic acids is 1. The van der Waals surface area contributed by atoms with Gasteiger partial charge in [-0.1, -0.05) is 35.9 Å². The lowest BCUT2D eigenvalue weighted by Gasteiger charge is -2.13. The zero-order chi connectivity index (χ0) is 19.2. The number of nitrogens with one attached hydrogen (secondary N) is 2. The predicted octanol–water partition coefficient (Wildman–Crippen LogP) is 3.84. The quantitative estimate of drug-likeness (QED) is 0.573. The fraction of sp³-hybridized carbons (Fsp3) is 0.200. The van der Waals surface area contributed by atoms with Crippen LogP contribution in [0.3, 0.4) is 0 Å². The molecule has 2 N–H and O–H groups in total. The molecule has 0 fully saturated rings. The van der Waals surface area contributed by atoms with E-state index < -0.39 is 0 Å². The average Bonchev–Trinajstić information content (AvgIpc) is 3.10. The standard InChI is InChI=1S/C20H20ClN3OS2/c1-24(12-19(25)23-17-5-3-4-6-18(17)26-2)11-16-13-27-20(22-16)14-7-9-15(21)10-8-14/h3-10,13H,11-12H2,1-2H3,(H,23,25)/p+1. The van der Waals surface area contributed by atoms with Crippen LogP contribution in [0.1, 0.15) is 5.69 Å². The summed E-state index contributed by atoms with van der Waals surface area (Å²) in [5.41, 5.74) is 2.90. The molecule has 1 amide bonds. The van der Waals surface area contributed by atoms with Gasteiger partial charge in [0, 0.05) is 20.9 Å². The number of likely N-dealkylation sites (N-methyl/N-ethyl adjacent to an activating group) is 1. The SMILES string of the molecule is CSc1ccccc1NC(=O)C[NH+](C)Cc1csc(-c2ccc(Cl)cc2)n1. The molecule has 0 saturated carbocycles. The third-order valence-electron chi connectivity index (χ3n) is 3.97. The number of halogens is 1. The second-order valence-corrected chi connectivity index (χ2v) is 8.35. The van der Waals surface area contributed by atoms with Crippen molar-refractivity contribution >= 4 is 46.3 Å². The number of anilines is 1. The number of carbonyl (C=O) groups is 1. The summed E-state index contributed by atoms with van der Waals surface area (Å²) in [6, 6.07) is 15.5. The van der Waals surface area contributed by atoms with Gasteiger partial charge in [-0.15, -0.1) is 23.1 Å². The van der Waals surface area contributed by atoms with Gasteiger partial charge in [0.05, 0.1) is 12.7 Å². The van der Waals surface area contributed by atoms with E-state index in [9.17, 15) is 4.79 Å². The van der Waals surface area contributed by atoms with E-state index >= 15 is 0 Å². The summed E-state index contributed by atoms with van der Waals surface area (Å²) in [6.45, 7) is 1.08. The largest absolute Gasteiger partial charge is 0.325 e. The van der Waals surface area contributed by atoms with Gasteiger partial charge in [0.25, 0.3) is 5.91 Å². The molecule has 0 bridgehead atoms. The summed E-state index contributed by atoms with van der Waals surface area (Å²) in [4.78, 5) is 19.2. The van der Waals surface area contributed by atoms with E-state index in [0.29, 0.717) is 18.1 Å². The summed E-state index contributed by atoms with van der Waals surface area (Å²) >= 11 is 9.17. The fourth-order valence-electron chi connectivity index (χ4n) is 2.70. The lowest BCUT2D eigenvalue weighted by molar-refractivity contribution is -0.885. The van der Waals surface area contributed by atoms with Crippen LogP contribution in [-0.2, 0) is 11.3 Å². The Morgan fingerprint density at radius 1 is 1.22 bits per heavy atom. The number of aromatic nitrogens is 1. The van der Waals surface area contributed by atoms with Gasteiger partial charge in [-0.05, 0) is 30.5 Å². The predicted molar refractivity (Wildman–Crippen MR) is 115 cm³/mol. The van der Waals surface area contributed by atoms with Gasteiger partial charge in [0.15, 0.2) is 6.54 Å². The van der Waals surface area contributed by atoms with Gasteiger partial charge in [-0.2, -0.15) is 0 Å². The minimum absolute atomic E-state index is 0.00199. The molecule has 0 aliphatic rings. The van der Waals surface area contributed by atoms with Crippen LogP contribution in [0.25, 0.3) is 10.6 Å². The molecule has 0 aliphatic carbocycles. The number of rotatable bonds is 7. The van der Waals surface area contributed by atoms with Crippen molar-refractivity contribution in [3.8, 4) is 10.6 Å². The van der Waals surface area contributed by atoms with E-state index in [1.54, 1.807) is 23.1 Å². The van der Waals surface area contributed by atoms with Crippen LogP contribution >= 0.6 is 34.7 Å². The minimum Gasteiger partial charge on any atom is -0.325 e. The topological polar surface area (TPSA) is 46.4 Å². The van der Waals surface area contributed by atoms with Crippen molar-refractivity contribution in [2.45, 2.75) is 11.4 Å². The highest BCUT2D eigenvalue weighted by molar-refractivity contribution is 7.98. The first kappa shape index (κ1) is 19.9. The average molecular weight is 419 g/mol. The first-order chi connectivity index (χ1) is 13.0. The Labute approximate surface area is 172 Å². The molecule has 1 heterocycles. The summed E-state index contributed by atoms with van der Waals surface area (Å²) < 4.78 is 0. The van der Waals surface area contributed by atoms with Crippen LogP contribution in [0.2, 0.25) is 5.02 Å². The highest BCUT2D eigenvalue weighted by Crippen LogP contribution is 2.25. The number of amides is 1. The summed E-state index contributed by atoms with van der Waals surface area (Å²) in [5.74, 6) is 0.00199. The maximum atomic E-state index is 12.4. The van der Waals surface area contributed by atoms with Gasteiger partial charge >= 0.3 is 0 Å². The summed E-state index contributed by atoms with van der Waals surface area (Å²) in [7, 11) is 2.00. The van der Waals surface area contributed by atoms with Gasteiger partial charge < -0.3 is 10.2 Å². The molecule has 2 aromatic carbocycles. The Morgan fingerprint density at radius 2 is 1.96 bits per heavy atom. The van der Waals surface area contributed by atoms with Crippen molar-refractivity contribution in [2.24, 2.45) is 0 Å². The molecule has 1 unspecified atom stereocenters. The maximum absolute atomic E-state index is 12.4. The Morgan fingerprint density at radius 3 is 2.70 bits per heavy atom. The number of hydrogen-bond acceptors (Lipinski definition) is 4. The second-order valence-electron chi connectivity index (χ2n) is 6.21. The number of thiazole rings is 1. The van der Waals surface area contributed by atoms with Gasteiger partial charge in [0.1, 0.15) is 17.2 Å². The van der Waals surface area contributed by atoms with E-state index in [1.807, 2.05) is 67.2 Å².